The number of pyridine rings is 1. The lowest BCUT2D eigenvalue weighted by Gasteiger charge is -2.06. The Morgan fingerprint density at radius 1 is 1.33 bits per heavy atom. The van der Waals surface area contributed by atoms with Crippen molar-refractivity contribution < 1.29 is 9.18 Å². The number of benzene rings is 1. The van der Waals surface area contributed by atoms with E-state index in [-0.39, 0.29) is 17.8 Å². The molecule has 18 heavy (non-hydrogen) atoms. The van der Waals surface area contributed by atoms with Gasteiger partial charge in [0, 0.05) is 11.9 Å². The highest BCUT2D eigenvalue weighted by atomic mass is 19.1. The second kappa shape index (κ2) is 5.27. The van der Waals surface area contributed by atoms with Gasteiger partial charge >= 0.3 is 0 Å². The summed E-state index contributed by atoms with van der Waals surface area (Å²) in [6.45, 7) is 0.253. The summed E-state index contributed by atoms with van der Waals surface area (Å²) in [5.41, 5.74) is 6.38. The molecule has 0 saturated carbocycles. The normalized spacial score (nSPS) is 10.1. The molecule has 3 N–H and O–H groups in total. The van der Waals surface area contributed by atoms with Gasteiger partial charge in [0.05, 0.1) is 17.8 Å². The van der Waals surface area contributed by atoms with Crippen LogP contribution in [0.5, 0.6) is 0 Å². The maximum absolute atomic E-state index is 13.5. The van der Waals surface area contributed by atoms with Gasteiger partial charge in [0.2, 0.25) is 0 Å². The highest BCUT2D eigenvalue weighted by Gasteiger charge is 2.11. The van der Waals surface area contributed by atoms with Gasteiger partial charge in [-0.15, -0.1) is 0 Å². The van der Waals surface area contributed by atoms with Gasteiger partial charge in [0.15, 0.2) is 0 Å². The third-order valence-electron chi connectivity index (χ3n) is 2.39. The fraction of sp³-hybridized carbons (Fsp3) is 0.0769. The monoisotopic (exact) mass is 245 g/mol. The molecule has 1 aromatic heterocycles. The third-order valence-corrected chi connectivity index (χ3v) is 2.39. The Morgan fingerprint density at radius 3 is 2.83 bits per heavy atom. The number of hydrogen-bond acceptors (Lipinski definition) is 3. The van der Waals surface area contributed by atoms with Crippen LogP contribution in [0.4, 0.5) is 10.1 Å². The van der Waals surface area contributed by atoms with E-state index in [0.717, 1.165) is 6.07 Å². The topological polar surface area (TPSA) is 68.0 Å². The van der Waals surface area contributed by atoms with Gasteiger partial charge < -0.3 is 11.1 Å². The predicted molar refractivity (Wildman–Crippen MR) is 66.2 cm³/mol. The zero-order chi connectivity index (χ0) is 13.0. The van der Waals surface area contributed by atoms with E-state index in [1.807, 2.05) is 6.07 Å². The second-order valence-electron chi connectivity index (χ2n) is 3.74. The Bertz CT molecular complexity index is 557. The minimum Gasteiger partial charge on any atom is -0.399 e. The molecule has 2 aromatic rings. The van der Waals surface area contributed by atoms with Crippen molar-refractivity contribution in [1.82, 2.24) is 10.3 Å². The van der Waals surface area contributed by atoms with E-state index in [2.05, 4.69) is 10.3 Å². The number of nitrogens with two attached hydrogens (primary N) is 1. The first-order valence-corrected chi connectivity index (χ1v) is 5.40. The molecule has 0 saturated heterocycles. The molecule has 0 bridgehead atoms. The van der Waals surface area contributed by atoms with Crippen LogP contribution < -0.4 is 11.1 Å². The summed E-state index contributed by atoms with van der Waals surface area (Å²) in [6, 6.07) is 9.34. The number of aromatic nitrogens is 1. The Morgan fingerprint density at radius 2 is 2.17 bits per heavy atom. The van der Waals surface area contributed by atoms with Crippen LogP contribution in [-0.4, -0.2) is 10.9 Å². The van der Waals surface area contributed by atoms with Gasteiger partial charge in [-0.3, -0.25) is 9.78 Å². The van der Waals surface area contributed by atoms with Crippen molar-refractivity contribution >= 4 is 11.6 Å². The van der Waals surface area contributed by atoms with Crippen LogP contribution in [0.1, 0.15) is 16.1 Å². The molecular weight excluding hydrogens is 233 g/mol. The fourth-order valence-corrected chi connectivity index (χ4v) is 1.48. The van der Waals surface area contributed by atoms with Crippen LogP contribution in [0.3, 0.4) is 0 Å². The van der Waals surface area contributed by atoms with Gasteiger partial charge in [-0.25, -0.2) is 4.39 Å². The van der Waals surface area contributed by atoms with E-state index >= 15 is 0 Å². The number of nitrogens with zero attached hydrogens (tertiary/aromatic N) is 1. The summed E-state index contributed by atoms with van der Waals surface area (Å²) in [4.78, 5) is 15.8. The number of rotatable bonds is 3. The highest BCUT2D eigenvalue weighted by molar-refractivity contribution is 5.94. The molecule has 1 aromatic carbocycles. The number of nitrogen functional groups attached to an aromatic ring is 1. The number of carbonyl (C=O) groups excluding carboxylic acids is 1. The third kappa shape index (κ3) is 2.82. The molecule has 5 heteroatoms. The van der Waals surface area contributed by atoms with Gasteiger partial charge in [0.1, 0.15) is 5.82 Å². The zero-order valence-electron chi connectivity index (χ0n) is 9.56. The largest absolute Gasteiger partial charge is 0.399 e. The van der Waals surface area contributed by atoms with E-state index in [1.165, 1.54) is 12.1 Å². The quantitative estimate of drug-likeness (QED) is 0.809. The summed E-state index contributed by atoms with van der Waals surface area (Å²) in [5, 5.41) is 2.59. The number of amides is 1. The predicted octanol–water partition coefficient (Wildman–Crippen LogP) is 1.73. The Hall–Kier alpha value is -2.43. The van der Waals surface area contributed by atoms with Crippen LogP contribution in [-0.2, 0) is 6.54 Å². The molecule has 2 rings (SSSR count). The van der Waals surface area contributed by atoms with Crippen LogP contribution in [0.15, 0.2) is 42.6 Å². The van der Waals surface area contributed by atoms with Gasteiger partial charge in [0.25, 0.3) is 5.91 Å². The van der Waals surface area contributed by atoms with Crippen molar-refractivity contribution in [2.45, 2.75) is 6.54 Å². The maximum Gasteiger partial charge on any atom is 0.254 e. The second-order valence-corrected chi connectivity index (χ2v) is 3.74. The summed E-state index contributed by atoms with van der Waals surface area (Å²) < 4.78 is 13.5. The lowest BCUT2D eigenvalue weighted by atomic mass is 10.2. The first-order chi connectivity index (χ1) is 8.66. The highest BCUT2D eigenvalue weighted by Crippen LogP contribution is 2.11. The number of anilines is 1. The van der Waals surface area contributed by atoms with Crippen molar-refractivity contribution in [2.24, 2.45) is 0 Å². The number of nitrogens with one attached hydrogen (secondary N) is 1. The summed E-state index contributed by atoms with van der Waals surface area (Å²) in [5.74, 6) is -1.12. The molecule has 0 atom stereocenters. The SMILES string of the molecule is Nc1ccc(C(=O)NCc2ccccn2)c(F)c1. The van der Waals surface area contributed by atoms with E-state index in [9.17, 15) is 9.18 Å². The smallest absolute Gasteiger partial charge is 0.254 e. The molecule has 0 fully saturated rings. The molecule has 0 radical (unpaired) electrons. The molecule has 0 spiro atoms. The van der Waals surface area contributed by atoms with Gasteiger partial charge in [-0.1, -0.05) is 6.07 Å². The van der Waals surface area contributed by atoms with Crippen molar-refractivity contribution in [3.05, 3.63) is 59.7 Å². The number of hydrogen-bond donors (Lipinski definition) is 2. The van der Waals surface area contributed by atoms with Crippen molar-refractivity contribution in [2.75, 3.05) is 5.73 Å². The van der Waals surface area contributed by atoms with Gasteiger partial charge in [-0.2, -0.15) is 0 Å². The first kappa shape index (κ1) is 12.0. The van der Waals surface area contributed by atoms with Crippen LogP contribution in [0, 0.1) is 5.82 Å². The lowest BCUT2D eigenvalue weighted by Crippen LogP contribution is -2.24. The Balaban J connectivity index is 2.04. The van der Waals surface area contributed by atoms with E-state index in [0.29, 0.717) is 5.69 Å². The number of carbonyl (C=O) groups is 1. The van der Waals surface area contributed by atoms with Crippen LogP contribution in [0.2, 0.25) is 0 Å². The Labute approximate surface area is 104 Å². The standard InChI is InChI=1S/C13H12FN3O/c14-12-7-9(15)4-5-11(12)13(18)17-8-10-3-1-2-6-16-10/h1-7H,8,15H2,(H,17,18). The summed E-state index contributed by atoms with van der Waals surface area (Å²) in [6.07, 6.45) is 1.63. The van der Waals surface area contributed by atoms with Crippen LogP contribution in [0.25, 0.3) is 0 Å². The van der Waals surface area contributed by atoms with E-state index < -0.39 is 11.7 Å². The molecule has 92 valence electrons. The van der Waals surface area contributed by atoms with Gasteiger partial charge in [-0.05, 0) is 30.3 Å². The van der Waals surface area contributed by atoms with Crippen molar-refractivity contribution in [3.8, 4) is 0 Å². The minimum absolute atomic E-state index is 0.0277. The van der Waals surface area contributed by atoms with Crippen molar-refractivity contribution in [1.29, 1.82) is 0 Å². The Kier molecular flexibility index (Phi) is 3.52. The summed E-state index contributed by atoms with van der Waals surface area (Å²) >= 11 is 0. The van der Waals surface area contributed by atoms with E-state index in [4.69, 9.17) is 5.73 Å². The van der Waals surface area contributed by atoms with Crippen LogP contribution >= 0.6 is 0 Å². The fourth-order valence-electron chi connectivity index (χ4n) is 1.48. The number of halogens is 1. The molecule has 0 aliphatic heterocycles. The average molecular weight is 245 g/mol. The molecule has 0 unspecified atom stereocenters. The minimum atomic E-state index is -0.631. The molecule has 4 nitrogen and oxygen atoms in total. The molecule has 1 heterocycles. The summed E-state index contributed by atoms with van der Waals surface area (Å²) in [7, 11) is 0. The molecule has 1 amide bonds. The van der Waals surface area contributed by atoms with E-state index in [1.54, 1.807) is 18.3 Å². The average Bonchev–Trinajstić information content (AvgIpc) is 2.37. The lowest BCUT2D eigenvalue weighted by molar-refractivity contribution is 0.0946. The molecule has 0 aliphatic carbocycles. The molecular formula is C13H12FN3O. The maximum atomic E-state index is 13.5. The zero-order valence-corrected chi connectivity index (χ0v) is 9.56. The van der Waals surface area contributed by atoms with Crippen molar-refractivity contribution in [3.63, 3.8) is 0 Å². The first-order valence-electron chi connectivity index (χ1n) is 5.40. The molecule has 0 aliphatic rings.